The van der Waals surface area contributed by atoms with Crippen molar-refractivity contribution in [1.29, 1.82) is 0 Å². The first kappa shape index (κ1) is 24.2. The zero-order chi connectivity index (χ0) is 23.9. The summed E-state index contributed by atoms with van der Waals surface area (Å²) in [4.78, 5) is 30.0. The number of nitrogens with one attached hydrogen (secondary N) is 1. The minimum Gasteiger partial charge on any atom is -0.372 e. The number of hydrogen-bond acceptors (Lipinski definition) is 4. The lowest BCUT2D eigenvalue weighted by Gasteiger charge is -2.36. The molecule has 2 aromatic rings. The van der Waals surface area contributed by atoms with Gasteiger partial charge in [-0.2, -0.15) is 0 Å². The number of anilines is 1. The lowest BCUT2D eigenvalue weighted by Crippen LogP contribution is -2.48. The number of carbonyl (C=O) groups is 2. The molecular weight excluding hydrogens is 456 g/mol. The predicted octanol–water partition coefficient (Wildman–Crippen LogP) is 6.05. The largest absolute Gasteiger partial charge is 0.372 e. The van der Waals surface area contributed by atoms with Crippen molar-refractivity contribution in [2.75, 3.05) is 18.4 Å². The van der Waals surface area contributed by atoms with Crippen LogP contribution in [0.5, 0.6) is 0 Å². The zero-order valence-corrected chi connectivity index (χ0v) is 21.6. The summed E-state index contributed by atoms with van der Waals surface area (Å²) >= 11 is 7.82. The molecule has 5 nitrogen and oxygen atoms in total. The molecular formula is C26H33ClN2O3S. The van der Waals surface area contributed by atoms with Crippen LogP contribution in [0.4, 0.5) is 5.00 Å². The van der Waals surface area contributed by atoms with Crippen molar-refractivity contribution in [2.24, 2.45) is 11.3 Å². The van der Waals surface area contributed by atoms with Gasteiger partial charge in [0, 0.05) is 18.0 Å². The van der Waals surface area contributed by atoms with Crippen LogP contribution in [-0.2, 0) is 17.6 Å². The average molecular weight is 489 g/mol. The molecule has 2 heterocycles. The molecule has 1 saturated heterocycles. The maximum Gasteiger partial charge on any atom is 0.257 e. The number of nitrogens with zero attached hydrogens (tertiary/aromatic N) is 1. The lowest BCUT2D eigenvalue weighted by atomic mass is 9.72. The van der Waals surface area contributed by atoms with Crippen LogP contribution in [0.25, 0.3) is 0 Å². The van der Waals surface area contributed by atoms with Crippen LogP contribution in [0.3, 0.4) is 0 Å². The van der Waals surface area contributed by atoms with Crippen molar-refractivity contribution in [3.05, 3.63) is 50.9 Å². The molecule has 1 fully saturated rings. The van der Waals surface area contributed by atoms with E-state index >= 15 is 0 Å². The Hall–Kier alpha value is -1.89. The van der Waals surface area contributed by atoms with Crippen LogP contribution >= 0.6 is 22.9 Å². The summed E-state index contributed by atoms with van der Waals surface area (Å²) in [6.45, 7) is 11.9. The summed E-state index contributed by atoms with van der Waals surface area (Å²) in [5.74, 6) is 0.240. The van der Waals surface area contributed by atoms with Gasteiger partial charge >= 0.3 is 0 Å². The molecule has 7 heteroatoms. The number of thiophene rings is 1. The monoisotopic (exact) mass is 488 g/mol. The number of carbonyl (C=O) groups excluding carboxylic acids is 2. The highest BCUT2D eigenvalue weighted by molar-refractivity contribution is 7.17. The second-order valence-electron chi connectivity index (χ2n) is 10.4. The van der Waals surface area contributed by atoms with Gasteiger partial charge < -0.3 is 15.0 Å². The van der Waals surface area contributed by atoms with Crippen LogP contribution in [0.2, 0.25) is 5.02 Å². The molecule has 0 radical (unpaired) electrons. The van der Waals surface area contributed by atoms with E-state index in [2.05, 4.69) is 26.1 Å². The molecule has 1 aromatic carbocycles. The van der Waals surface area contributed by atoms with E-state index in [4.69, 9.17) is 16.3 Å². The number of fused-ring (bicyclic) bond motifs is 1. The van der Waals surface area contributed by atoms with Gasteiger partial charge in [0.2, 0.25) is 0 Å². The number of amides is 2. The summed E-state index contributed by atoms with van der Waals surface area (Å²) < 4.78 is 5.84. The number of rotatable bonds is 3. The van der Waals surface area contributed by atoms with E-state index in [9.17, 15) is 9.59 Å². The van der Waals surface area contributed by atoms with Gasteiger partial charge in [-0.1, -0.05) is 44.5 Å². The van der Waals surface area contributed by atoms with Crippen LogP contribution in [-0.4, -0.2) is 42.0 Å². The van der Waals surface area contributed by atoms with Crippen LogP contribution in [0.15, 0.2) is 24.3 Å². The maximum atomic E-state index is 13.8. The summed E-state index contributed by atoms with van der Waals surface area (Å²) in [5.41, 5.74) is 2.36. The summed E-state index contributed by atoms with van der Waals surface area (Å²) in [7, 11) is 0. The molecule has 33 heavy (non-hydrogen) atoms. The molecule has 3 atom stereocenters. The molecule has 1 N–H and O–H groups in total. The number of morpholine rings is 1. The molecule has 1 aromatic heterocycles. The predicted molar refractivity (Wildman–Crippen MR) is 135 cm³/mol. The molecule has 1 aliphatic heterocycles. The Bertz CT molecular complexity index is 1050. The lowest BCUT2D eigenvalue weighted by molar-refractivity contribution is -0.0586. The van der Waals surface area contributed by atoms with E-state index < -0.39 is 0 Å². The molecule has 1 aliphatic carbocycles. The molecule has 2 aliphatic rings. The first-order chi connectivity index (χ1) is 15.5. The highest BCUT2D eigenvalue weighted by Crippen LogP contribution is 2.45. The van der Waals surface area contributed by atoms with Gasteiger partial charge in [-0.25, -0.2) is 0 Å². The minimum atomic E-state index is -0.288. The van der Waals surface area contributed by atoms with E-state index in [-0.39, 0.29) is 29.4 Å². The Morgan fingerprint density at radius 3 is 2.45 bits per heavy atom. The first-order valence-electron chi connectivity index (χ1n) is 11.7. The van der Waals surface area contributed by atoms with E-state index in [0.29, 0.717) is 40.2 Å². The van der Waals surface area contributed by atoms with Gasteiger partial charge in [0.15, 0.2) is 0 Å². The van der Waals surface area contributed by atoms with Crippen LogP contribution in [0, 0.1) is 11.3 Å². The maximum absolute atomic E-state index is 13.8. The first-order valence-corrected chi connectivity index (χ1v) is 12.9. The fraction of sp³-hybridized carbons (Fsp3) is 0.538. The molecule has 0 spiro atoms. The standard InChI is InChI=1S/C26H33ClN2O3S/c1-15-13-29(14-16(2)32-15)25(31)22-19-11-10-17(26(3,4)5)12-21(19)33-24(22)28-23(30)18-8-6-7-9-20(18)27/h6-9,15-17H,10-14H2,1-5H3,(H,28,30)/t15-,16-,17+/m1/s1. The van der Waals surface area contributed by atoms with Gasteiger partial charge in [-0.15, -0.1) is 11.3 Å². The molecule has 4 rings (SSSR count). The Morgan fingerprint density at radius 1 is 1.15 bits per heavy atom. The SMILES string of the molecule is C[C@@H]1CN(C(=O)c2c(NC(=O)c3ccccc3Cl)sc3c2CC[C@H](C(C)(C)C)C3)C[C@@H](C)O1. The van der Waals surface area contributed by atoms with Crippen molar-refractivity contribution in [3.63, 3.8) is 0 Å². The number of hydrogen-bond donors (Lipinski definition) is 1. The Kier molecular flexibility index (Phi) is 6.90. The average Bonchev–Trinajstić information content (AvgIpc) is 3.09. The highest BCUT2D eigenvalue weighted by atomic mass is 35.5. The Balaban J connectivity index is 1.71. The summed E-state index contributed by atoms with van der Waals surface area (Å²) in [6.07, 6.45) is 2.80. The van der Waals surface area contributed by atoms with E-state index in [1.165, 1.54) is 4.88 Å². The molecule has 178 valence electrons. The Labute approximate surface area is 205 Å². The summed E-state index contributed by atoms with van der Waals surface area (Å²) in [6, 6.07) is 6.99. The second-order valence-corrected chi connectivity index (χ2v) is 11.9. The van der Waals surface area contributed by atoms with E-state index in [1.54, 1.807) is 35.6 Å². The van der Waals surface area contributed by atoms with Gasteiger partial charge in [-0.3, -0.25) is 9.59 Å². The van der Waals surface area contributed by atoms with Crippen molar-refractivity contribution >= 4 is 39.8 Å². The normalized spacial score (nSPS) is 23.2. The smallest absolute Gasteiger partial charge is 0.257 e. The van der Waals surface area contributed by atoms with Gasteiger partial charge in [0.1, 0.15) is 5.00 Å². The van der Waals surface area contributed by atoms with Gasteiger partial charge in [-0.05, 0) is 62.1 Å². The van der Waals surface area contributed by atoms with Crippen molar-refractivity contribution < 1.29 is 14.3 Å². The fourth-order valence-corrected chi connectivity index (χ4v) is 6.49. The van der Waals surface area contributed by atoms with E-state index in [0.717, 1.165) is 24.8 Å². The van der Waals surface area contributed by atoms with Crippen LogP contribution < -0.4 is 5.32 Å². The molecule has 2 amide bonds. The molecule has 0 saturated carbocycles. The third-order valence-electron chi connectivity index (χ3n) is 6.76. The number of ether oxygens (including phenoxy) is 1. The van der Waals surface area contributed by atoms with Gasteiger partial charge in [0.25, 0.3) is 11.8 Å². The minimum absolute atomic E-state index is 0.0152. The number of halogens is 1. The van der Waals surface area contributed by atoms with Gasteiger partial charge in [0.05, 0.1) is 28.4 Å². The zero-order valence-electron chi connectivity index (χ0n) is 20.0. The van der Waals surface area contributed by atoms with E-state index in [1.807, 2.05) is 18.7 Å². The third-order valence-corrected chi connectivity index (χ3v) is 8.26. The highest BCUT2D eigenvalue weighted by Gasteiger charge is 2.36. The van der Waals surface area contributed by atoms with Crippen LogP contribution in [0.1, 0.15) is 72.2 Å². The summed E-state index contributed by atoms with van der Waals surface area (Å²) in [5, 5.41) is 4.07. The fourth-order valence-electron chi connectivity index (χ4n) is 4.96. The number of benzene rings is 1. The molecule has 0 bridgehead atoms. The van der Waals surface area contributed by atoms with Crippen molar-refractivity contribution in [3.8, 4) is 0 Å². The topological polar surface area (TPSA) is 58.6 Å². The Morgan fingerprint density at radius 2 is 1.82 bits per heavy atom. The third kappa shape index (κ3) is 5.13. The van der Waals surface area contributed by atoms with Crippen molar-refractivity contribution in [1.82, 2.24) is 4.90 Å². The quantitative estimate of drug-likeness (QED) is 0.571. The second kappa shape index (κ2) is 9.40. The van der Waals surface area contributed by atoms with Crippen molar-refractivity contribution in [2.45, 2.75) is 66.1 Å². The molecule has 0 unspecified atom stereocenters.